The fourth-order valence-corrected chi connectivity index (χ4v) is 3.39. The SMILES string of the molecule is CC[S@@](=O)c1ccccc1C(=O)O[C@H](C)C(=O)Nc1ccc(C)cc1C. The van der Waals surface area contributed by atoms with E-state index in [2.05, 4.69) is 5.32 Å². The highest BCUT2D eigenvalue weighted by atomic mass is 32.2. The van der Waals surface area contributed by atoms with Crippen molar-refractivity contribution in [2.75, 3.05) is 11.1 Å². The highest BCUT2D eigenvalue weighted by Gasteiger charge is 2.22. The van der Waals surface area contributed by atoms with Gasteiger partial charge in [0.25, 0.3) is 5.91 Å². The van der Waals surface area contributed by atoms with Crippen LogP contribution in [0.15, 0.2) is 47.4 Å². The molecule has 2 aromatic carbocycles. The number of rotatable bonds is 6. The molecule has 6 heteroatoms. The predicted molar refractivity (Wildman–Crippen MR) is 103 cm³/mol. The van der Waals surface area contributed by atoms with E-state index in [1.807, 2.05) is 32.0 Å². The molecule has 0 bridgehead atoms. The molecule has 0 aliphatic rings. The molecule has 0 aliphatic heterocycles. The summed E-state index contributed by atoms with van der Waals surface area (Å²) in [6.07, 6.45) is -0.980. The Hall–Kier alpha value is -2.47. The minimum Gasteiger partial charge on any atom is -0.449 e. The van der Waals surface area contributed by atoms with Crippen molar-refractivity contribution < 1.29 is 18.5 Å². The zero-order chi connectivity index (χ0) is 19.3. The third-order valence-corrected chi connectivity index (χ3v) is 5.28. The number of hydrogen-bond acceptors (Lipinski definition) is 4. The predicted octanol–water partition coefficient (Wildman–Crippen LogP) is 3.61. The average Bonchev–Trinajstić information content (AvgIpc) is 2.63. The highest BCUT2D eigenvalue weighted by Crippen LogP contribution is 2.18. The molecule has 1 amide bonds. The molecule has 0 aliphatic carbocycles. The number of aryl methyl sites for hydroxylation is 2. The molecule has 1 N–H and O–H groups in total. The molecule has 2 atom stereocenters. The lowest BCUT2D eigenvalue weighted by Crippen LogP contribution is -2.30. The summed E-state index contributed by atoms with van der Waals surface area (Å²) in [5, 5.41) is 2.77. The summed E-state index contributed by atoms with van der Waals surface area (Å²) in [5.41, 5.74) is 2.93. The van der Waals surface area contributed by atoms with E-state index < -0.39 is 28.8 Å². The molecule has 5 nitrogen and oxygen atoms in total. The molecule has 2 rings (SSSR count). The van der Waals surface area contributed by atoms with Crippen LogP contribution in [0, 0.1) is 13.8 Å². The Morgan fingerprint density at radius 3 is 2.50 bits per heavy atom. The van der Waals surface area contributed by atoms with Gasteiger partial charge in [0.15, 0.2) is 6.10 Å². The highest BCUT2D eigenvalue weighted by molar-refractivity contribution is 7.85. The average molecular weight is 373 g/mol. The van der Waals surface area contributed by atoms with Crippen LogP contribution in [-0.2, 0) is 20.3 Å². The first-order chi connectivity index (χ1) is 12.3. The Morgan fingerprint density at radius 2 is 1.85 bits per heavy atom. The Kier molecular flexibility index (Phi) is 6.69. The fourth-order valence-electron chi connectivity index (χ4n) is 2.46. The first-order valence-electron chi connectivity index (χ1n) is 8.40. The van der Waals surface area contributed by atoms with Crippen molar-refractivity contribution in [1.82, 2.24) is 0 Å². The summed E-state index contributed by atoms with van der Waals surface area (Å²) in [7, 11) is -1.29. The number of carbonyl (C=O) groups excluding carboxylic acids is 2. The number of carbonyl (C=O) groups is 2. The Balaban J connectivity index is 2.09. The van der Waals surface area contributed by atoms with Crippen molar-refractivity contribution in [3.05, 3.63) is 59.2 Å². The van der Waals surface area contributed by atoms with Gasteiger partial charge >= 0.3 is 5.97 Å². The lowest BCUT2D eigenvalue weighted by Gasteiger charge is -2.16. The first kappa shape index (κ1) is 19.8. The molecule has 26 heavy (non-hydrogen) atoms. The van der Waals surface area contributed by atoms with Crippen LogP contribution in [0.5, 0.6) is 0 Å². The number of hydrogen-bond donors (Lipinski definition) is 1. The van der Waals surface area contributed by atoms with E-state index in [0.29, 0.717) is 16.3 Å². The number of esters is 1. The van der Waals surface area contributed by atoms with E-state index in [4.69, 9.17) is 4.74 Å². The number of benzene rings is 2. The van der Waals surface area contributed by atoms with Gasteiger partial charge in [-0.25, -0.2) is 4.79 Å². The molecule has 0 fully saturated rings. The van der Waals surface area contributed by atoms with E-state index in [1.54, 1.807) is 31.2 Å². The van der Waals surface area contributed by atoms with E-state index >= 15 is 0 Å². The smallest absolute Gasteiger partial charge is 0.340 e. The molecular formula is C20H23NO4S. The van der Waals surface area contributed by atoms with Gasteiger partial charge in [0.1, 0.15) is 0 Å². The maximum Gasteiger partial charge on any atom is 0.340 e. The van der Waals surface area contributed by atoms with Gasteiger partial charge in [0.05, 0.1) is 21.3 Å². The Bertz CT molecular complexity index is 847. The number of nitrogens with one attached hydrogen (secondary N) is 1. The van der Waals surface area contributed by atoms with Crippen LogP contribution in [0.1, 0.15) is 35.3 Å². The third-order valence-electron chi connectivity index (χ3n) is 3.91. The van der Waals surface area contributed by atoms with E-state index in [0.717, 1.165) is 11.1 Å². The van der Waals surface area contributed by atoms with Gasteiger partial charge in [-0.3, -0.25) is 9.00 Å². The van der Waals surface area contributed by atoms with Gasteiger partial charge in [-0.1, -0.05) is 36.8 Å². The summed E-state index contributed by atoms with van der Waals surface area (Å²) < 4.78 is 17.4. The van der Waals surface area contributed by atoms with E-state index in [9.17, 15) is 13.8 Å². The summed E-state index contributed by atoms with van der Waals surface area (Å²) >= 11 is 0. The molecule has 0 saturated carbocycles. The summed E-state index contributed by atoms with van der Waals surface area (Å²) in [6.45, 7) is 7.16. The summed E-state index contributed by atoms with van der Waals surface area (Å²) in [4.78, 5) is 25.2. The summed E-state index contributed by atoms with van der Waals surface area (Å²) in [5.74, 6) is -0.683. The second kappa shape index (κ2) is 8.76. The topological polar surface area (TPSA) is 72.5 Å². The largest absolute Gasteiger partial charge is 0.449 e. The van der Waals surface area contributed by atoms with Crippen LogP contribution in [0.2, 0.25) is 0 Å². The van der Waals surface area contributed by atoms with Crippen LogP contribution in [0.4, 0.5) is 5.69 Å². The maximum atomic E-state index is 12.4. The fraction of sp³-hybridized carbons (Fsp3) is 0.300. The van der Waals surface area contributed by atoms with Crippen molar-refractivity contribution in [3.63, 3.8) is 0 Å². The van der Waals surface area contributed by atoms with Crippen molar-refractivity contribution in [1.29, 1.82) is 0 Å². The number of anilines is 1. The van der Waals surface area contributed by atoms with Crippen molar-refractivity contribution in [2.45, 2.75) is 38.7 Å². The molecule has 2 aromatic rings. The second-order valence-electron chi connectivity index (χ2n) is 5.99. The first-order valence-corrected chi connectivity index (χ1v) is 9.71. The quantitative estimate of drug-likeness (QED) is 0.785. The van der Waals surface area contributed by atoms with E-state index in [-0.39, 0.29) is 5.56 Å². The molecule has 0 spiro atoms. The van der Waals surface area contributed by atoms with Crippen molar-refractivity contribution in [2.24, 2.45) is 0 Å². The van der Waals surface area contributed by atoms with Crippen LogP contribution < -0.4 is 5.32 Å². The van der Waals surface area contributed by atoms with Gasteiger partial charge in [0, 0.05) is 11.4 Å². The van der Waals surface area contributed by atoms with E-state index in [1.165, 1.54) is 6.92 Å². The Morgan fingerprint density at radius 1 is 1.15 bits per heavy atom. The van der Waals surface area contributed by atoms with Gasteiger partial charge in [-0.15, -0.1) is 0 Å². The van der Waals surface area contributed by atoms with Gasteiger partial charge in [-0.2, -0.15) is 0 Å². The minimum absolute atomic E-state index is 0.221. The molecule has 0 unspecified atom stereocenters. The molecular weight excluding hydrogens is 350 g/mol. The van der Waals surface area contributed by atoms with Crippen LogP contribution in [0.3, 0.4) is 0 Å². The lowest BCUT2D eigenvalue weighted by atomic mass is 10.1. The molecule has 0 heterocycles. The zero-order valence-electron chi connectivity index (χ0n) is 15.4. The third kappa shape index (κ3) is 4.79. The van der Waals surface area contributed by atoms with Gasteiger partial charge < -0.3 is 10.1 Å². The standard InChI is InChI=1S/C20H23NO4S/c1-5-26(24)18-9-7-6-8-16(18)20(23)25-15(4)19(22)21-17-11-10-13(2)12-14(17)3/h6-12,15H,5H2,1-4H3,(H,21,22)/t15-,26-/m1/s1. The second-order valence-corrected chi connectivity index (χ2v) is 7.69. The van der Waals surface area contributed by atoms with Crippen LogP contribution >= 0.6 is 0 Å². The number of ether oxygens (including phenoxy) is 1. The van der Waals surface area contributed by atoms with Gasteiger partial charge in [0.2, 0.25) is 0 Å². The molecule has 0 saturated heterocycles. The number of amides is 1. The van der Waals surface area contributed by atoms with Crippen LogP contribution in [-0.4, -0.2) is 27.9 Å². The monoisotopic (exact) mass is 373 g/mol. The zero-order valence-corrected chi connectivity index (χ0v) is 16.2. The Labute approximate surface area is 156 Å². The maximum absolute atomic E-state index is 12.4. The van der Waals surface area contributed by atoms with Crippen molar-refractivity contribution >= 4 is 28.4 Å². The summed E-state index contributed by atoms with van der Waals surface area (Å²) in [6, 6.07) is 12.3. The minimum atomic E-state index is -1.29. The molecule has 138 valence electrons. The van der Waals surface area contributed by atoms with Gasteiger partial charge in [-0.05, 0) is 44.5 Å². The lowest BCUT2D eigenvalue weighted by molar-refractivity contribution is -0.123. The van der Waals surface area contributed by atoms with Crippen molar-refractivity contribution in [3.8, 4) is 0 Å². The molecule has 0 aromatic heterocycles. The van der Waals surface area contributed by atoms with Crippen LogP contribution in [0.25, 0.3) is 0 Å². The normalized spacial score (nSPS) is 12.9. The molecule has 0 radical (unpaired) electrons.